The second-order valence-electron chi connectivity index (χ2n) is 5.09. The normalized spacial score (nSPS) is 17.4. The van der Waals surface area contributed by atoms with Gasteiger partial charge in [-0.15, -0.1) is 11.3 Å². The van der Waals surface area contributed by atoms with Crippen molar-refractivity contribution in [2.75, 3.05) is 38.3 Å². The van der Waals surface area contributed by atoms with Crippen molar-refractivity contribution in [2.24, 2.45) is 0 Å². The summed E-state index contributed by atoms with van der Waals surface area (Å²) in [5.41, 5.74) is 1.06. The van der Waals surface area contributed by atoms with Crippen LogP contribution < -0.4 is 10.2 Å². The van der Waals surface area contributed by atoms with Gasteiger partial charge in [0, 0.05) is 37.7 Å². The molecule has 1 unspecified atom stereocenters. The number of methoxy groups -OCH3 is 1. The van der Waals surface area contributed by atoms with E-state index in [1.165, 1.54) is 4.88 Å². The predicted molar refractivity (Wildman–Crippen MR) is 82.5 cm³/mol. The molecule has 2 rings (SSSR count). The van der Waals surface area contributed by atoms with Gasteiger partial charge >= 0.3 is 0 Å². The summed E-state index contributed by atoms with van der Waals surface area (Å²) in [7, 11) is 1.72. The third-order valence-electron chi connectivity index (χ3n) is 3.55. The van der Waals surface area contributed by atoms with Gasteiger partial charge in [-0.3, -0.25) is 0 Å². The predicted octanol–water partition coefficient (Wildman–Crippen LogP) is 2.01. The lowest BCUT2D eigenvalue weighted by Crippen LogP contribution is -2.36. The Balaban J connectivity index is 2.06. The van der Waals surface area contributed by atoms with Crippen molar-refractivity contribution < 1.29 is 9.47 Å². The number of nitrogens with one attached hydrogen (secondary N) is 1. The van der Waals surface area contributed by atoms with Gasteiger partial charge in [-0.05, 0) is 13.3 Å². The van der Waals surface area contributed by atoms with Crippen molar-refractivity contribution in [2.45, 2.75) is 39.5 Å². The zero-order valence-corrected chi connectivity index (χ0v) is 13.5. The van der Waals surface area contributed by atoms with Crippen LogP contribution in [0.15, 0.2) is 0 Å². The Morgan fingerprint density at radius 3 is 2.85 bits per heavy atom. The topological polar surface area (TPSA) is 46.6 Å². The number of morpholine rings is 1. The maximum Gasteiger partial charge on any atom is 0.186 e. The van der Waals surface area contributed by atoms with Gasteiger partial charge < -0.3 is 19.7 Å². The summed E-state index contributed by atoms with van der Waals surface area (Å²) in [4.78, 5) is 8.34. The van der Waals surface area contributed by atoms with E-state index in [9.17, 15) is 0 Å². The Labute approximate surface area is 125 Å². The largest absolute Gasteiger partial charge is 0.378 e. The highest BCUT2D eigenvalue weighted by molar-refractivity contribution is 7.15. The van der Waals surface area contributed by atoms with Crippen molar-refractivity contribution in [1.29, 1.82) is 0 Å². The van der Waals surface area contributed by atoms with Gasteiger partial charge in [-0.1, -0.05) is 6.92 Å². The molecule has 1 aromatic rings. The number of rotatable bonds is 7. The van der Waals surface area contributed by atoms with Crippen molar-refractivity contribution in [1.82, 2.24) is 10.3 Å². The van der Waals surface area contributed by atoms with Crippen molar-refractivity contribution in [3.8, 4) is 0 Å². The first-order chi connectivity index (χ1) is 9.74. The first kappa shape index (κ1) is 15.7. The summed E-state index contributed by atoms with van der Waals surface area (Å²) in [5, 5.41) is 4.63. The first-order valence-electron chi connectivity index (χ1n) is 7.28. The smallest absolute Gasteiger partial charge is 0.186 e. The Morgan fingerprint density at radius 1 is 1.45 bits per heavy atom. The van der Waals surface area contributed by atoms with Crippen LogP contribution in [0.1, 0.15) is 30.8 Å². The number of ether oxygens (including phenoxy) is 2. The molecule has 1 N–H and O–H groups in total. The SMILES string of the molecule is CCC(C)NCc1sc(N2CCOCC2)nc1COC. The van der Waals surface area contributed by atoms with Gasteiger partial charge in [-0.2, -0.15) is 0 Å². The van der Waals surface area contributed by atoms with E-state index in [4.69, 9.17) is 14.5 Å². The first-order valence-corrected chi connectivity index (χ1v) is 8.09. The van der Waals surface area contributed by atoms with Crippen LogP contribution in [-0.4, -0.2) is 44.4 Å². The van der Waals surface area contributed by atoms with Crippen LogP contribution in [0.4, 0.5) is 5.13 Å². The van der Waals surface area contributed by atoms with E-state index in [0.717, 1.165) is 50.1 Å². The maximum atomic E-state index is 5.40. The van der Waals surface area contributed by atoms with E-state index in [1.54, 1.807) is 18.4 Å². The Bertz CT molecular complexity index is 405. The summed E-state index contributed by atoms with van der Waals surface area (Å²) < 4.78 is 10.7. The molecule has 0 saturated carbocycles. The molecule has 0 aliphatic carbocycles. The quantitative estimate of drug-likeness (QED) is 0.834. The number of aromatic nitrogens is 1. The number of thiazole rings is 1. The number of nitrogens with zero attached hydrogens (tertiary/aromatic N) is 2. The zero-order valence-electron chi connectivity index (χ0n) is 12.6. The number of anilines is 1. The fourth-order valence-electron chi connectivity index (χ4n) is 2.06. The maximum absolute atomic E-state index is 5.40. The van der Waals surface area contributed by atoms with Crippen molar-refractivity contribution in [3.05, 3.63) is 10.6 Å². The molecule has 114 valence electrons. The monoisotopic (exact) mass is 299 g/mol. The minimum Gasteiger partial charge on any atom is -0.378 e. The lowest BCUT2D eigenvalue weighted by Gasteiger charge is -2.26. The van der Waals surface area contributed by atoms with Gasteiger partial charge in [-0.25, -0.2) is 4.98 Å². The molecule has 1 aliphatic heterocycles. The minimum atomic E-state index is 0.527. The Morgan fingerprint density at radius 2 is 2.20 bits per heavy atom. The fraction of sp³-hybridized carbons (Fsp3) is 0.786. The van der Waals surface area contributed by atoms with E-state index < -0.39 is 0 Å². The lowest BCUT2D eigenvalue weighted by atomic mass is 10.2. The average molecular weight is 299 g/mol. The molecule has 1 aliphatic rings. The molecule has 0 bridgehead atoms. The molecule has 0 radical (unpaired) electrons. The van der Waals surface area contributed by atoms with Gasteiger partial charge in [0.25, 0.3) is 0 Å². The molecule has 6 heteroatoms. The number of hydrogen-bond donors (Lipinski definition) is 1. The number of hydrogen-bond acceptors (Lipinski definition) is 6. The summed E-state index contributed by atoms with van der Waals surface area (Å²) >= 11 is 1.78. The van der Waals surface area contributed by atoms with Crippen LogP contribution in [-0.2, 0) is 22.6 Å². The third kappa shape index (κ3) is 4.15. The molecule has 2 heterocycles. The standard InChI is InChI=1S/C14H25N3O2S/c1-4-11(2)15-9-13-12(10-18-3)16-14(20-13)17-5-7-19-8-6-17/h11,15H,4-10H2,1-3H3. The van der Waals surface area contributed by atoms with Crippen molar-refractivity contribution >= 4 is 16.5 Å². The second-order valence-corrected chi connectivity index (χ2v) is 6.15. The molecule has 1 fully saturated rings. The summed E-state index contributed by atoms with van der Waals surface area (Å²) in [6.07, 6.45) is 1.13. The van der Waals surface area contributed by atoms with E-state index in [0.29, 0.717) is 12.6 Å². The van der Waals surface area contributed by atoms with E-state index in [-0.39, 0.29) is 0 Å². The third-order valence-corrected chi connectivity index (χ3v) is 4.71. The van der Waals surface area contributed by atoms with Crippen LogP contribution in [0.5, 0.6) is 0 Å². The van der Waals surface area contributed by atoms with Crippen LogP contribution in [0, 0.1) is 0 Å². The Kier molecular flexibility index (Phi) is 6.22. The van der Waals surface area contributed by atoms with Gasteiger partial charge in [0.05, 0.1) is 25.5 Å². The summed E-state index contributed by atoms with van der Waals surface area (Å²) in [5.74, 6) is 0. The molecule has 0 aromatic carbocycles. The van der Waals surface area contributed by atoms with Crippen LogP contribution in [0.3, 0.4) is 0 Å². The molecule has 1 saturated heterocycles. The highest BCUT2D eigenvalue weighted by Crippen LogP contribution is 2.27. The van der Waals surface area contributed by atoms with Gasteiger partial charge in [0.1, 0.15) is 0 Å². The van der Waals surface area contributed by atoms with E-state index in [1.807, 2.05) is 0 Å². The summed E-state index contributed by atoms with van der Waals surface area (Å²) in [6.45, 7) is 9.29. The van der Waals surface area contributed by atoms with Crippen LogP contribution >= 0.6 is 11.3 Å². The van der Waals surface area contributed by atoms with Gasteiger partial charge in [0.2, 0.25) is 0 Å². The summed E-state index contributed by atoms with van der Waals surface area (Å²) in [6, 6.07) is 0.527. The lowest BCUT2D eigenvalue weighted by molar-refractivity contribution is 0.122. The molecule has 0 spiro atoms. The van der Waals surface area contributed by atoms with E-state index >= 15 is 0 Å². The fourth-order valence-corrected chi connectivity index (χ4v) is 3.12. The van der Waals surface area contributed by atoms with Crippen molar-refractivity contribution in [3.63, 3.8) is 0 Å². The van der Waals surface area contributed by atoms with Crippen LogP contribution in [0.25, 0.3) is 0 Å². The Hall–Kier alpha value is -0.690. The molecular formula is C14H25N3O2S. The molecule has 1 aromatic heterocycles. The molecule has 0 amide bonds. The molecule has 1 atom stereocenters. The molecule has 20 heavy (non-hydrogen) atoms. The zero-order chi connectivity index (χ0) is 14.4. The second kappa shape index (κ2) is 7.93. The van der Waals surface area contributed by atoms with Gasteiger partial charge in [0.15, 0.2) is 5.13 Å². The minimum absolute atomic E-state index is 0.527. The molecular weight excluding hydrogens is 274 g/mol. The highest BCUT2D eigenvalue weighted by atomic mass is 32.1. The highest BCUT2D eigenvalue weighted by Gasteiger charge is 2.18. The van der Waals surface area contributed by atoms with Crippen LogP contribution in [0.2, 0.25) is 0 Å². The average Bonchev–Trinajstić information content (AvgIpc) is 2.89. The van der Waals surface area contributed by atoms with E-state index in [2.05, 4.69) is 24.1 Å². The molecule has 5 nitrogen and oxygen atoms in total.